The summed E-state index contributed by atoms with van der Waals surface area (Å²) in [5.74, 6) is 0.900. The average molecular weight is 395 g/mol. The minimum Gasteiger partial charge on any atom is -0.485 e. The fraction of sp³-hybridized carbons (Fsp3) is 0.429. The molecule has 0 atom stereocenters. The van der Waals surface area contributed by atoms with Gasteiger partial charge in [0.2, 0.25) is 0 Å². The molecule has 8 heteroatoms. The molecular weight excluding hydrogens is 370 g/mol. The topological polar surface area (TPSA) is 87.7 Å². The van der Waals surface area contributed by atoms with Gasteiger partial charge in [-0.15, -0.1) is 0 Å². The molecule has 152 valence electrons. The number of likely N-dealkylation sites (tertiary alicyclic amines) is 1. The molecule has 29 heavy (non-hydrogen) atoms. The summed E-state index contributed by atoms with van der Waals surface area (Å²) in [7, 11) is 0. The highest BCUT2D eigenvalue weighted by Crippen LogP contribution is 2.25. The number of aromatic nitrogens is 2. The number of carbonyl (C=O) groups excluding carboxylic acids is 2. The van der Waals surface area contributed by atoms with Crippen LogP contribution in [0, 0.1) is 0 Å². The Labute approximate surface area is 169 Å². The predicted molar refractivity (Wildman–Crippen MR) is 107 cm³/mol. The molecule has 2 saturated heterocycles. The Balaban J connectivity index is 1.49. The van der Waals surface area contributed by atoms with Crippen molar-refractivity contribution in [2.45, 2.75) is 32.4 Å². The van der Waals surface area contributed by atoms with Crippen LogP contribution in [0.1, 0.15) is 41.6 Å². The standard InChI is InChI=1S/C21H25N5O3/c1-14(2)19-23-10-17(29-13-15-6-4-3-5-7-15)18(24-19)20(27)25-11-16(12-25)26-9-8-22-21(26)28/h3-7,10,14,16H,8-9,11-13H2,1-2H3,(H,22,28). The molecule has 1 aromatic carbocycles. The zero-order valence-electron chi connectivity index (χ0n) is 16.7. The summed E-state index contributed by atoms with van der Waals surface area (Å²) in [4.78, 5) is 37.3. The SMILES string of the molecule is CC(C)c1ncc(OCc2ccccc2)c(C(=O)N2CC(N3CCNC3=O)C2)n1. The Morgan fingerprint density at radius 3 is 2.69 bits per heavy atom. The third-order valence-corrected chi connectivity index (χ3v) is 5.21. The lowest BCUT2D eigenvalue weighted by atomic mass is 10.1. The monoisotopic (exact) mass is 395 g/mol. The van der Waals surface area contributed by atoms with Gasteiger partial charge in [0.25, 0.3) is 5.91 Å². The van der Waals surface area contributed by atoms with Crippen LogP contribution in [0.15, 0.2) is 36.5 Å². The van der Waals surface area contributed by atoms with Crippen molar-refractivity contribution in [1.29, 1.82) is 0 Å². The second-order valence-electron chi connectivity index (χ2n) is 7.66. The summed E-state index contributed by atoms with van der Waals surface area (Å²) in [5.41, 5.74) is 1.28. The van der Waals surface area contributed by atoms with Crippen LogP contribution >= 0.6 is 0 Å². The largest absolute Gasteiger partial charge is 0.485 e. The van der Waals surface area contributed by atoms with Gasteiger partial charge in [0.1, 0.15) is 12.4 Å². The minimum atomic E-state index is -0.187. The number of nitrogens with zero attached hydrogens (tertiary/aromatic N) is 4. The summed E-state index contributed by atoms with van der Waals surface area (Å²) in [6.07, 6.45) is 1.59. The molecule has 0 spiro atoms. The van der Waals surface area contributed by atoms with Gasteiger partial charge in [-0.25, -0.2) is 14.8 Å². The maximum absolute atomic E-state index is 13.1. The van der Waals surface area contributed by atoms with Gasteiger partial charge in [-0.05, 0) is 5.56 Å². The number of amides is 3. The van der Waals surface area contributed by atoms with Crippen molar-refractivity contribution >= 4 is 11.9 Å². The van der Waals surface area contributed by atoms with Gasteiger partial charge < -0.3 is 19.9 Å². The Kier molecular flexibility index (Phi) is 5.33. The second-order valence-corrected chi connectivity index (χ2v) is 7.66. The van der Waals surface area contributed by atoms with E-state index >= 15 is 0 Å². The number of hydrogen-bond donors (Lipinski definition) is 1. The van der Waals surface area contributed by atoms with E-state index in [1.807, 2.05) is 44.2 Å². The molecule has 0 radical (unpaired) electrons. The van der Waals surface area contributed by atoms with Crippen LogP contribution in [0.3, 0.4) is 0 Å². The molecule has 2 aromatic rings. The van der Waals surface area contributed by atoms with Crippen molar-refractivity contribution in [3.05, 3.63) is 53.6 Å². The van der Waals surface area contributed by atoms with Gasteiger partial charge in [-0.1, -0.05) is 44.2 Å². The Hall–Kier alpha value is -3.16. The van der Waals surface area contributed by atoms with E-state index in [0.717, 1.165) is 5.56 Å². The molecule has 0 unspecified atom stereocenters. The number of urea groups is 1. The van der Waals surface area contributed by atoms with Crippen molar-refractivity contribution in [3.8, 4) is 5.75 Å². The summed E-state index contributed by atoms with van der Waals surface area (Å²) in [6, 6.07) is 9.76. The highest BCUT2D eigenvalue weighted by atomic mass is 16.5. The lowest BCUT2D eigenvalue weighted by Crippen LogP contribution is -2.61. The van der Waals surface area contributed by atoms with Crippen LogP contribution in [0.5, 0.6) is 5.75 Å². The molecule has 4 rings (SSSR count). The molecule has 2 aliphatic heterocycles. The minimum absolute atomic E-state index is 0.0570. The molecule has 1 N–H and O–H groups in total. The highest BCUT2D eigenvalue weighted by molar-refractivity contribution is 5.95. The summed E-state index contributed by atoms with van der Waals surface area (Å²) >= 11 is 0. The van der Waals surface area contributed by atoms with E-state index in [2.05, 4.69) is 15.3 Å². The molecule has 0 bridgehead atoms. The molecule has 0 aliphatic carbocycles. The molecule has 1 aromatic heterocycles. The van der Waals surface area contributed by atoms with Crippen molar-refractivity contribution < 1.29 is 14.3 Å². The van der Waals surface area contributed by atoms with Crippen molar-refractivity contribution in [1.82, 2.24) is 25.1 Å². The molecular formula is C21H25N5O3. The predicted octanol–water partition coefficient (Wildman–Crippen LogP) is 2.03. The number of benzene rings is 1. The van der Waals surface area contributed by atoms with E-state index in [1.165, 1.54) is 0 Å². The molecule has 3 amide bonds. The summed E-state index contributed by atoms with van der Waals surface area (Å²) < 4.78 is 5.89. The maximum Gasteiger partial charge on any atom is 0.317 e. The number of carbonyl (C=O) groups is 2. The first-order valence-corrected chi connectivity index (χ1v) is 9.90. The first-order chi connectivity index (χ1) is 14.0. The van der Waals surface area contributed by atoms with Gasteiger partial charge >= 0.3 is 6.03 Å². The van der Waals surface area contributed by atoms with Crippen LogP contribution in [0.4, 0.5) is 4.79 Å². The highest BCUT2D eigenvalue weighted by Gasteiger charge is 2.40. The quantitative estimate of drug-likeness (QED) is 0.809. The Bertz CT molecular complexity index is 896. The van der Waals surface area contributed by atoms with E-state index in [9.17, 15) is 9.59 Å². The fourth-order valence-corrected chi connectivity index (χ4v) is 3.46. The molecule has 8 nitrogen and oxygen atoms in total. The van der Waals surface area contributed by atoms with Gasteiger partial charge in [0, 0.05) is 32.1 Å². The smallest absolute Gasteiger partial charge is 0.317 e. The van der Waals surface area contributed by atoms with Gasteiger partial charge in [-0.2, -0.15) is 0 Å². The average Bonchev–Trinajstić information content (AvgIpc) is 3.11. The summed E-state index contributed by atoms with van der Waals surface area (Å²) in [5, 5.41) is 2.80. The number of ether oxygens (including phenoxy) is 1. The van der Waals surface area contributed by atoms with Crippen LogP contribution in [0.2, 0.25) is 0 Å². The Morgan fingerprint density at radius 2 is 2.03 bits per heavy atom. The first kappa shape index (κ1) is 19.2. The van der Waals surface area contributed by atoms with Crippen LogP contribution in [-0.4, -0.2) is 63.9 Å². The number of rotatable bonds is 6. The number of hydrogen-bond acceptors (Lipinski definition) is 5. The van der Waals surface area contributed by atoms with Crippen LogP contribution < -0.4 is 10.1 Å². The van der Waals surface area contributed by atoms with Crippen LogP contribution in [0.25, 0.3) is 0 Å². The lowest BCUT2D eigenvalue weighted by molar-refractivity contribution is 0.0396. The first-order valence-electron chi connectivity index (χ1n) is 9.90. The molecule has 2 fully saturated rings. The number of nitrogens with one attached hydrogen (secondary N) is 1. The van der Waals surface area contributed by atoms with Crippen molar-refractivity contribution in [2.24, 2.45) is 0 Å². The van der Waals surface area contributed by atoms with Crippen molar-refractivity contribution in [2.75, 3.05) is 26.2 Å². The lowest BCUT2D eigenvalue weighted by Gasteiger charge is -2.43. The second kappa shape index (κ2) is 8.06. The van der Waals surface area contributed by atoms with E-state index in [4.69, 9.17) is 4.74 Å². The third-order valence-electron chi connectivity index (χ3n) is 5.21. The van der Waals surface area contributed by atoms with Crippen molar-refractivity contribution in [3.63, 3.8) is 0 Å². The van der Waals surface area contributed by atoms with E-state index in [-0.39, 0.29) is 29.6 Å². The zero-order valence-corrected chi connectivity index (χ0v) is 16.7. The van der Waals surface area contributed by atoms with E-state index in [0.29, 0.717) is 44.4 Å². The zero-order chi connectivity index (χ0) is 20.4. The molecule has 2 aliphatic rings. The molecule has 0 saturated carbocycles. The molecule has 3 heterocycles. The van der Waals surface area contributed by atoms with E-state index < -0.39 is 0 Å². The summed E-state index contributed by atoms with van der Waals surface area (Å²) in [6.45, 7) is 6.66. The van der Waals surface area contributed by atoms with Gasteiger partial charge in [-0.3, -0.25) is 4.79 Å². The van der Waals surface area contributed by atoms with Gasteiger partial charge in [0.05, 0.1) is 12.2 Å². The Morgan fingerprint density at radius 1 is 1.28 bits per heavy atom. The fourth-order valence-electron chi connectivity index (χ4n) is 3.46. The third kappa shape index (κ3) is 4.01. The van der Waals surface area contributed by atoms with E-state index in [1.54, 1.807) is 16.0 Å². The normalized spacial score (nSPS) is 16.7. The maximum atomic E-state index is 13.1. The van der Waals surface area contributed by atoms with Gasteiger partial charge in [0.15, 0.2) is 11.4 Å². The van der Waals surface area contributed by atoms with Crippen LogP contribution in [-0.2, 0) is 6.61 Å².